The highest BCUT2D eigenvalue weighted by atomic mass is 35.5. The molecule has 7 nitrogen and oxygen atoms in total. The van der Waals surface area contributed by atoms with Crippen molar-refractivity contribution in [2.45, 2.75) is 57.0 Å². The maximum atomic E-state index is 15.4. The summed E-state index contributed by atoms with van der Waals surface area (Å²) in [7, 11) is 0. The largest absolute Gasteiger partial charge is 0.486 e. The average molecular weight is 504 g/mol. The van der Waals surface area contributed by atoms with Crippen molar-refractivity contribution in [1.29, 1.82) is 0 Å². The zero-order chi connectivity index (χ0) is 24.7. The smallest absolute Gasteiger partial charge is 0.258 e. The number of rotatable bonds is 6. The monoisotopic (exact) mass is 503 g/mol. The Kier molecular flexibility index (Phi) is 6.63. The molecule has 1 aromatic carbocycles. The summed E-state index contributed by atoms with van der Waals surface area (Å²) < 4.78 is 35.7. The first-order valence-electron chi connectivity index (χ1n) is 12.0. The molecule has 1 unspecified atom stereocenters. The van der Waals surface area contributed by atoms with E-state index in [1.807, 2.05) is 0 Å². The quantitative estimate of drug-likeness (QED) is 0.645. The number of fused-ring (bicyclic) bond motifs is 2. The lowest BCUT2D eigenvalue weighted by Crippen LogP contribution is -2.54. The van der Waals surface area contributed by atoms with Crippen molar-refractivity contribution in [1.82, 2.24) is 19.8 Å². The summed E-state index contributed by atoms with van der Waals surface area (Å²) in [5.74, 6) is -0.477. The summed E-state index contributed by atoms with van der Waals surface area (Å²) in [4.78, 5) is 25.6. The third-order valence-electron chi connectivity index (χ3n) is 7.13. The van der Waals surface area contributed by atoms with Crippen molar-refractivity contribution in [2.24, 2.45) is 5.73 Å². The summed E-state index contributed by atoms with van der Waals surface area (Å²) in [6.07, 6.45) is 4.18. The van der Waals surface area contributed by atoms with E-state index in [4.69, 9.17) is 22.1 Å². The Labute approximate surface area is 207 Å². The van der Waals surface area contributed by atoms with Crippen LogP contribution in [0.25, 0.3) is 5.57 Å². The summed E-state index contributed by atoms with van der Waals surface area (Å²) in [5, 5.41) is 0.395. The predicted octanol–water partition coefficient (Wildman–Crippen LogP) is 3.83. The Morgan fingerprint density at radius 1 is 1.26 bits per heavy atom. The molecule has 1 aromatic heterocycles. The number of hydrogen-bond acceptors (Lipinski definition) is 6. The molecule has 1 amide bonds. The van der Waals surface area contributed by atoms with Gasteiger partial charge in [0.15, 0.2) is 12.0 Å². The Morgan fingerprint density at radius 2 is 2.03 bits per heavy atom. The summed E-state index contributed by atoms with van der Waals surface area (Å²) in [6.45, 7) is 3.30. The van der Waals surface area contributed by atoms with Crippen molar-refractivity contribution in [3.05, 3.63) is 58.5 Å². The van der Waals surface area contributed by atoms with Crippen molar-refractivity contribution in [3.63, 3.8) is 0 Å². The standard InChI is InChI=1S/C25H28ClF2N5O2/c1-2-7-33-16-4-6-20(33)23(28)22(9-16)35-21-8-15(27)3-5-17(21)25(34)32-12-18(19(29)13-32)24-30-10-14(26)11-31-24/h3,5,8,10-11,16,20,22-23H,2,4,6-7,9,12-13,29H2,1H3/t16-,20+,22+,23?/m0/s1. The van der Waals surface area contributed by atoms with Gasteiger partial charge in [-0.15, -0.1) is 0 Å². The molecular formula is C25H28ClF2N5O2. The van der Waals surface area contributed by atoms with Crippen LogP contribution >= 0.6 is 11.6 Å². The van der Waals surface area contributed by atoms with E-state index in [1.165, 1.54) is 29.4 Å². The lowest BCUT2D eigenvalue weighted by Gasteiger charge is -2.41. The number of nitrogens with zero attached hydrogens (tertiary/aromatic N) is 4. The van der Waals surface area contributed by atoms with Crippen molar-refractivity contribution in [3.8, 4) is 5.75 Å². The van der Waals surface area contributed by atoms with Crippen LogP contribution in [-0.2, 0) is 0 Å². The second kappa shape index (κ2) is 9.70. The Bertz CT molecular complexity index is 1150. The SMILES string of the molecule is CCCN1[C@H]2CC[C@@H]1C(F)[C@H](Oc1cc(F)ccc1C(=O)N1CC(N)=C(c3ncc(Cl)cn3)C1)C2. The number of nitrogens with two attached hydrogens (primary N) is 1. The highest BCUT2D eigenvalue weighted by Gasteiger charge is 2.48. The van der Waals surface area contributed by atoms with Crippen LogP contribution < -0.4 is 10.5 Å². The van der Waals surface area contributed by atoms with Gasteiger partial charge in [0, 0.05) is 48.2 Å². The lowest BCUT2D eigenvalue weighted by molar-refractivity contribution is -0.0227. The maximum Gasteiger partial charge on any atom is 0.258 e. The summed E-state index contributed by atoms with van der Waals surface area (Å²) in [6, 6.07) is 3.80. The number of benzene rings is 1. The Morgan fingerprint density at radius 3 is 2.77 bits per heavy atom. The van der Waals surface area contributed by atoms with E-state index in [0.717, 1.165) is 31.9 Å². The molecule has 2 fully saturated rings. The number of aromatic nitrogens is 2. The second-order valence-electron chi connectivity index (χ2n) is 9.40. The van der Waals surface area contributed by atoms with Gasteiger partial charge in [-0.3, -0.25) is 9.69 Å². The van der Waals surface area contributed by atoms with E-state index in [0.29, 0.717) is 28.5 Å². The minimum Gasteiger partial charge on any atom is -0.486 e. The first-order valence-corrected chi connectivity index (χ1v) is 12.3. The fraction of sp³-hybridized carbons (Fsp3) is 0.480. The molecule has 0 saturated carbocycles. The van der Waals surface area contributed by atoms with Gasteiger partial charge in [0.25, 0.3) is 5.91 Å². The van der Waals surface area contributed by atoms with Gasteiger partial charge in [0.1, 0.15) is 17.7 Å². The first kappa shape index (κ1) is 23.9. The van der Waals surface area contributed by atoms with E-state index >= 15 is 4.39 Å². The van der Waals surface area contributed by atoms with E-state index in [-0.39, 0.29) is 42.4 Å². The van der Waals surface area contributed by atoms with Crippen LogP contribution in [-0.4, -0.2) is 69.7 Å². The van der Waals surface area contributed by atoms with Gasteiger partial charge < -0.3 is 15.4 Å². The Hall–Kier alpha value is -2.78. The molecule has 2 saturated heterocycles. The number of carbonyl (C=O) groups excluding carboxylic acids is 1. The fourth-order valence-electron chi connectivity index (χ4n) is 5.51. The average Bonchev–Trinajstić information content (AvgIpc) is 3.37. The third-order valence-corrected chi connectivity index (χ3v) is 7.32. The predicted molar refractivity (Wildman–Crippen MR) is 128 cm³/mol. The number of ether oxygens (including phenoxy) is 1. The van der Waals surface area contributed by atoms with Gasteiger partial charge >= 0.3 is 0 Å². The van der Waals surface area contributed by atoms with Gasteiger partial charge in [-0.05, 0) is 37.9 Å². The second-order valence-corrected chi connectivity index (χ2v) is 9.84. The molecule has 0 radical (unpaired) electrons. The number of amides is 1. The van der Waals surface area contributed by atoms with E-state index in [2.05, 4.69) is 21.8 Å². The number of halogens is 3. The molecular weight excluding hydrogens is 476 g/mol. The molecule has 4 heterocycles. The number of piperidine rings is 1. The van der Waals surface area contributed by atoms with E-state index < -0.39 is 18.1 Å². The lowest BCUT2D eigenvalue weighted by atomic mass is 9.97. The summed E-state index contributed by atoms with van der Waals surface area (Å²) in [5.41, 5.74) is 7.46. The molecule has 35 heavy (non-hydrogen) atoms. The van der Waals surface area contributed by atoms with E-state index in [9.17, 15) is 9.18 Å². The molecule has 2 bridgehead atoms. The normalized spacial score (nSPS) is 26.5. The van der Waals surface area contributed by atoms with Crippen LogP contribution in [0.1, 0.15) is 48.8 Å². The molecule has 186 valence electrons. The van der Waals surface area contributed by atoms with Crippen molar-refractivity contribution >= 4 is 23.1 Å². The molecule has 10 heteroatoms. The van der Waals surface area contributed by atoms with Crippen LogP contribution in [0.5, 0.6) is 5.75 Å². The molecule has 0 aliphatic carbocycles. The minimum absolute atomic E-state index is 0.0563. The molecule has 3 aliphatic rings. The number of carbonyl (C=O) groups is 1. The topological polar surface area (TPSA) is 84.6 Å². The molecule has 3 aliphatic heterocycles. The molecule has 0 spiro atoms. The van der Waals surface area contributed by atoms with Crippen LogP contribution in [0.4, 0.5) is 8.78 Å². The van der Waals surface area contributed by atoms with Crippen LogP contribution in [0.3, 0.4) is 0 Å². The molecule has 2 N–H and O–H groups in total. The van der Waals surface area contributed by atoms with Gasteiger partial charge in [-0.25, -0.2) is 18.7 Å². The maximum absolute atomic E-state index is 15.4. The third kappa shape index (κ3) is 4.59. The highest BCUT2D eigenvalue weighted by molar-refractivity contribution is 6.30. The van der Waals surface area contributed by atoms with Gasteiger partial charge in [-0.2, -0.15) is 0 Å². The van der Waals surface area contributed by atoms with Crippen molar-refractivity contribution < 1.29 is 18.3 Å². The van der Waals surface area contributed by atoms with Gasteiger partial charge in [-0.1, -0.05) is 18.5 Å². The fourth-order valence-corrected chi connectivity index (χ4v) is 5.60. The number of hydrogen-bond donors (Lipinski definition) is 1. The zero-order valence-corrected chi connectivity index (χ0v) is 20.2. The van der Waals surface area contributed by atoms with Crippen LogP contribution in [0, 0.1) is 5.82 Å². The molecule has 5 rings (SSSR count). The minimum atomic E-state index is -1.20. The van der Waals surface area contributed by atoms with Gasteiger partial charge in [0.2, 0.25) is 0 Å². The summed E-state index contributed by atoms with van der Waals surface area (Å²) >= 11 is 5.87. The van der Waals surface area contributed by atoms with E-state index in [1.54, 1.807) is 0 Å². The van der Waals surface area contributed by atoms with Gasteiger partial charge in [0.05, 0.1) is 23.7 Å². The van der Waals surface area contributed by atoms with Crippen molar-refractivity contribution in [2.75, 3.05) is 19.6 Å². The Balaban J connectivity index is 1.34. The highest BCUT2D eigenvalue weighted by Crippen LogP contribution is 2.40. The van der Waals surface area contributed by atoms with Crippen LogP contribution in [0.2, 0.25) is 5.02 Å². The molecule has 4 atom stereocenters. The molecule has 2 aromatic rings. The first-order chi connectivity index (χ1) is 16.9. The zero-order valence-electron chi connectivity index (χ0n) is 19.5. The number of alkyl halides is 1. The van der Waals surface area contributed by atoms with Crippen LogP contribution in [0.15, 0.2) is 36.3 Å².